The molecule has 0 saturated carbocycles. The van der Waals surface area contributed by atoms with Gasteiger partial charge in [-0.25, -0.2) is 9.97 Å². The maximum absolute atomic E-state index is 12.4. The largest absolute Gasteiger partial charge is 0.359 e. The van der Waals surface area contributed by atoms with Gasteiger partial charge in [-0.15, -0.1) is 0 Å². The van der Waals surface area contributed by atoms with Crippen molar-refractivity contribution in [3.8, 4) is 0 Å². The van der Waals surface area contributed by atoms with Crippen molar-refractivity contribution in [2.75, 3.05) is 32.5 Å². The first kappa shape index (κ1) is 21.5. The number of H-pyrrole nitrogens is 1. The number of aromatic nitrogens is 3. The molecule has 7 nitrogen and oxygen atoms in total. The van der Waals surface area contributed by atoms with Gasteiger partial charge in [-0.05, 0) is 69.0 Å². The number of amides is 1. The van der Waals surface area contributed by atoms with E-state index >= 15 is 0 Å². The van der Waals surface area contributed by atoms with E-state index in [4.69, 9.17) is 0 Å². The number of hydrogen-bond donors (Lipinski definition) is 3. The topological polar surface area (TPSA) is 85.9 Å². The highest BCUT2D eigenvalue weighted by atomic mass is 16.1. The molecule has 1 amide bonds. The van der Waals surface area contributed by atoms with Crippen LogP contribution in [0.15, 0.2) is 60.8 Å². The van der Waals surface area contributed by atoms with E-state index in [0.717, 1.165) is 40.2 Å². The minimum absolute atomic E-state index is 0.0691. The van der Waals surface area contributed by atoms with E-state index in [1.54, 1.807) is 6.20 Å². The number of anilines is 2. The summed E-state index contributed by atoms with van der Waals surface area (Å²) < 4.78 is 0. The predicted octanol–water partition coefficient (Wildman–Crippen LogP) is 3.89. The van der Waals surface area contributed by atoms with Crippen LogP contribution >= 0.6 is 0 Å². The Morgan fingerprint density at radius 3 is 2.81 bits per heavy atom. The maximum atomic E-state index is 12.4. The van der Waals surface area contributed by atoms with Crippen molar-refractivity contribution in [1.29, 1.82) is 0 Å². The molecule has 0 spiro atoms. The Balaban J connectivity index is 1.43. The predicted molar refractivity (Wildman–Crippen MR) is 128 cm³/mol. The van der Waals surface area contributed by atoms with Gasteiger partial charge in [0.15, 0.2) is 0 Å². The van der Waals surface area contributed by atoms with Gasteiger partial charge in [0.2, 0.25) is 0 Å². The summed E-state index contributed by atoms with van der Waals surface area (Å²) in [6.45, 7) is 3.46. The molecule has 2 heterocycles. The molecular weight excluding hydrogens is 400 g/mol. The molecule has 0 fully saturated rings. The van der Waals surface area contributed by atoms with Crippen LogP contribution in [0.1, 0.15) is 27.4 Å². The molecule has 2 aromatic carbocycles. The summed E-state index contributed by atoms with van der Waals surface area (Å²) in [5.41, 5.74) is 4.85. The van der Waals surface area contributed by atoms with E-state index in [1.165, 1.54) is 0 Å². The summed E-state index contributed by atoms with van der Waals surface area (Å²) in [5.74, 6) is 1.36. The van der Waals surface area contributed by atoms with Crippen molar-refractivity contribution >= 4 is 28.3 Å². The zero-order chi connectivity index (χ0) is 22.5. The van der Waals surface area contributed by atoms with Crippen molar-refractivity contribution in [3.63, 3.8) is 0 Å². The van der Waals surface area contributed by atoms with Gasteiger partial charge in [0.1, 0.15) is 11.6 Å². The fraction of sp³-hybridized carbons (Fsp3) is 0.240. The number of likely N-dealkylation sites (N-methyl/N-ethyl adjacent to an activating group) is 1. The summed E-state index contributed by atoms with van der Waals surface area (Å²) in [6.07, 6.45) is 2.30. The van der Waals surface area contributed by atoms with E-state index in [9.17, 15) is 4.79 Å². The van der Waals surface area contributed by atoms with Crippen molar-refractivity contribution in [2.24, 2.45) is 0 Å². The Morgan fingerprint density at radius 1 is 1.09 bits per heavy atom. The van der Waals surface area contributed by atoms with E-state index in [2.05, 4.69) is 43.8 Å². The lowest BCUT2D eigenvalue weighted by Gasteiger charge is -2.11. The molecule has 0 aliphatic rings. The first-order valence-electron chi connectivity index (χ1n) is 10.7. The van der Waals surface area contributed by atoms with Crippen LogP contribution in [0.5, 0.6) is 0 Å². The third kappa shape index (κ3) is 5.50. The number of carbonyl (C=O) groups is 1. The lowest BCUT2D eigenvalue weighted by atomic mass is 10.1. The summed E-state index contributed by atoms with van der Waals surface area (Å²) in [6, 6.07) is 17.8. The lowest BCUT2D eigenvalue weighted by Crippen LogP contribution is -2.31. The van der Waals surface area contributed by atoms with Crippen molar-refractivity contribution in [2.45, 2.75) is 13.3 Å². The van der Waals surface area contributed by atoms with Crippen LogP contribution in [0.2, 0.25) is 0 Å². The number of benzene rings is 2. The smallest absolute Gasteiger partial charge is 0.251 e. The highest BCUT2D eigenvalue weighted by molar-refractivity contribution is 5.94. The second kappa shape index (κ2) is 9.62. The number of hydrogen-bond acceptors (Lipinski definition) is 5. The monoisotopic (exact) mass is 428 g/mol. The SMILES string of the molecule is Cc1cc2cc(Nc3ccnc(Cc4cccc(C(=O)NCCN(C)C)c4)n3)ccc2[nH]1. The minimum Gasteiger partial charge on any atom is -0.359 e. The number of nitrogens with zero attached hydrogens (tertiary/aromatic N) is 3. The first-order valence-corrected chi connectivity index (χ1v) is 10.7. The van der Waals surface area contributed by atoms with Crippen LogP contribution in [-0.2, 0) is 6.42 Å². The van der Waals surface area contributed by atoms with E-state index in [-0.39, 0.29) is 5.91 Å². The Bertz CT molecular complexity index is 1230. The molecule has 0 radical (unpaired) electrons. The molecule has 2 aromatic heterocycles. The summed E-state index contributed by atoms with van der Waals surface area (Å²) in [7, 11) is 3.96. The van der Waals surface area contributed by atoms with E-state index in [1.807, 2.05) is 62.3 Å². The third-order valence-corrected chi connectivity index (χ3v) is 5.13. The van der Waals surface area contributed by atoms with Crippen molar-refractivity contribution < 1.29 is 4.79 Å². The molecule has 7 heteroatoms. The van der Waals surface area contributed by atoms with Crippen LogP contribution < -0.4 is 10.6 Å². The molecule has 0 bridgehead atoms. The van der Waals surface area contributed by atoms with Crippen molar-refractivity contribution in [3.05, 3.63) is 83.4 Å². The van der Waals surface area contributed by atoms with Gasteiger partial charge in [-0.3, -0.25) is 4.79 Å². The van der Waals surface area contributed by atoms with E-state index < -0.39 is 0 Å². The molecule has 0 unspecified atom stereocenters. The average Bonchev–Trinajstić information content (AvgIpc) is 3.13. The number of fused-ring (bicyclic) bond motifs is 1. The molecule has 0 saturated heterocycles. The molecule has 4 aromatic rings. The van der Waals surface area contributed by atoms with Gasteiger partial charge >= 0.3 is 0 Å². The zero-order valence-corrected chi connectivity index (χ0v) is 18.6. The van der Waals surface area contributed by atoms with Gasteiger partial charge in [-0.2, -0.15) is 0 Å². The number of aromatic amines is 1. The molecule has 0 aliphatic carbocycles. The summed E-state index contributed by atoms with van der Waals surface area (Å²) in [5, 5.41) is 7.46. The summed E-state index contributed by atoms with van der Waals surface area (Å²) >= 11 is 0. The summed E-state index contributed by atoms with van der Waals surface area (Å²) in [4.78, 5) is 26.8. The Kier molecular flexibility index (Phi) is 6.47. The fourth-order valence-corrected chi connectivity index (χ4v) is 3.56. The molecular formula is C25H28N6O. The molecule has 0 atom stereocenters. The van der Waals surface area contributed by atoms with Crippen LogP contribution in [0, 0.1) is 6.92 Å². The standard InChI is InChI=1S/C25H28N6O/c1-17-13-20-16-21(7-8-22(20)28-17)29-23-9-10-26-24(30-23)15-18-5-4-6-19(14-18)25(32)27-11-12-31(2)3/h4-10,13-14,16,28H,11-12,15H2,1-3H3,(H,27,32)(H,26,29,30). The Hall–Kier alpha value is -3.71. The highest BCUT2D eigenvalue weighted by Gasteiger charge is 2.08. The lowest BCUT2D eigenvalue weighted by molar-refractivity contribution is 0.0951. The molecule has 4 rings (SSSR count). The van der Waals surface area contributed by atoms with Crippen molar-refractivity contribution in [1.82, 2.24) is 25.2 Å². The number of rotatable bonds is 8. The quantitative estimate of drug-likeness (QED) is 0.396. The van der Waals surface area contributed by atoms with Gasteiger partial charge in [0, 0.05) is 53.6 Å². The van der Waals surface area contributed by atoms with Crippen LogP contribution in [0.3, 0.4) is 0 Å². The Labute approximate surface area is 187 Å². The first-order chi connectivity index (χ1) is 15.5. The molecule has 0 aliphatic heterocycles. The van der Waals surface area contributed by atoms with Gasteiger partial charge in [-0.1, -0.05) is 12.1 Å². The third-order valence-electron chi connectivity index (χ3n) is 5.13. The number of aryl methyl sites for hydroxylation is 1. The second-order valence-electron chi connectivity index (χ2n) is 8.17. The fourth-order valence-electron chi connectivity index (χ4n) is 3.56. The number of nitrogens with one attached hydrogen (secondary N) is 3. The zero-order valence-electron chi connectivity index (χ0n) is 18.6. The van der Waals surface area contributed by atoms with Crippen LogP contribution in [0.25, 0.3) is 10.9 Å². The molecule has 32 heavy (non-hydrogen) atoms. The van der Waals surface area contributed by atoms with E-state index in [0.29, 0.717) is 24.4 Å². The van der Waals surface area contributed by atoms with Gasteiger partial charge in [0.25, 0.3) is 5.91 Å². The second-order valence-corrected chi connectivity index (χ2v) is 8.17. The van der Waals surface area contributed by atoms with Crippen LogP contribution in [0.4, 0.5) is 11.5 Å². The highest BCUT2D eigenvalue weighted by Crippen LogP contribution is 2.22. The normalized spacial score (nSPS) is 11.1. The number of carbonyl (C=O) groups excluding carboxylic acids is 1. The molecule has 3 N–H and O–H groups in total. The van der Waals surface area contributed by atoms with Gasteiger partial charge in [0.05, 0.1) is 0 Å². The average molecular weight is 429 g/mol. The van der Waals surface area contributed by atoms with Crippen LogP contribution in [-0.4, -0.2) is 52.9 Å². The maximum Gasteiger partial charge on any atom is 0.251 e. The van der Waals surface area contributed by atoms with Gasteiger partial charge < -0.3 is 20.5 Å². The molecule has 164 valence electrons. The minimum atomic E-state index is -0.0691. The Morgan fingerprint density at radius 2 is 1.97 bits per heavy atom.